The Balaban J connectivity index is 2.02. The summed E-state index contributed by atoms with van der Waals surface area (Å²) in [6, 6.07) is 8.45. The number of para-hydroxylation sites is 1. The van der Waals surface area contributed by atoms with Crippen LogP contribution in [0.3, 0.4) is 0 Å². The van der Waals surface area contributed by atoms with Crippen LogP contribution in [0, 0.1) is 0 Å². The summed E-state index contributed by atoms with van der Waals surface area (Å²) in [7, 11) is 0. The van der Waals surface area contributed by atoms with Crippen molar-refractivity contribution in [2.75, 3.05) is 5.75 Å². The van der Waals surface area contributed by atoms with Crippen LogP contribution in [0.1, 0.15) is 13.3 Å². The first kappa shape index (κ1) is 12.1. The molecule has 1 aromatic rings. The molecule has 0 spiro atoms. The second kappa shape index (κ2) is 5.37. The van der Waals surface area contributed by atoms with Gasteiger partial charge in [0.15, 0.2) is 0 Å². The average molecular weight is 273 g/mol. The maximum absolute atomic E-state index is 4.89. The number of hydrogen-bond donors (Lipinski definition) is 0. The summed E-state index contributed by atoms with van der Waals surface area (Å²) >= 11 is 3.82. The Morgan fingerprint density at radius 3 is 3.00 bits per heavy atom. The maximum Gasteiger partial charge on any atom is 0.0769 e. The molecular weight excluding hydrogens is 258 g/mol. The van der Waals surface area contributed by atoms with Crippen LogP contribution in [0.25, 0.3) is 0 Å². The Labute approximate surface area is 116 Å². The minimum atomic E-state index is 0.583. The van der Waals surface area contributed by atoms with Gasteiger partial charge in [-0.15, -0.1) is 23.5 Å². The van der Waals surface area contributed by atoms with E-state index >= 15 is 0 Å². The van der Waals surface area contributed by atoms with Crippen molar-refractivity contribution in [1.82, 2.24) is 0 Å². The third kappa shape index (κ3) is 2.57. The number of aliphatic imine (C=N–C) groups is 1. The standard InChI is InChI=1S/C15H15NS2/c1-11-10-13(14-7-4-5-9-17-14)16-12-6-2-3-8-15(12)18-11/h2-8,11H,9-10H2,1H3/t11-/m1/s1. The molecule has 1 atom stereocenters. The van der Waals surface area contributed by atoms with Crippen molar-refractivity contribution < 1.29 is 0 Å². The van der Waals surface area contributed by atoms with Crippen molar-refractivity contribution in [1.29, 1.82) is 0 Å². The first-order valence-corrected chi connectivity index (χ1v) is 8.03. The zero-order valence-electron chi connectivity index (χ0n) is 10.3. The molecule has 0 saturated carbocycles. The van der Waals surface area contributed by atoms with Crippen LogP contribution in [-0.4, -0.2) is 16.7 Å². The number of fused-ring (bicyclic) bond motifs is 1. The summed E-state index contributed by atoms with van der Waals surface area (Å²) in [4.78, 5) is 7.52. The monoisotopic (exact) mass is 273 g/mol. The summed E-state index contributed by atoms with van der Waals surface area (Å²) in [5, 5.41) is 0.583. The molecule has 3 rings (SSSR count). The van der Waals surface area contributed by atoms with Crippen LogP contribution in [0.2, 0.25) is 0 Å². The predicted octanol–water partition coefficient (Wildman–Crippen LogP) is 4.83. The Bertz CT molecular complexity index is 543. The molecule has 1 nitrogen and oxygen atoms in total. The second-order valence-corrected chi connectivity index (χ2v) is 6.97. The van der Waals surface area contributed by atoms with Gasteiger partial charge in [-0.2, -0.15) is 0 Å². The number of rotatable bonds is 1. The van der Waals surface area contributed by atoms with Gasteiger partial charge in [-0.3, -0.25) is 4.99 Å². The highest BCUT2D eigenvalue weighted by Gasteiger charge is 2.19. The second-order valence-electron chi connectivity index (χ2n) is 4.43. The van der Waals surface area contributed by atoms with Crippen LogP contribution in [0.4, 0.5) is 5.69 Å². The smallest absolute Gasteiger partial charge is 0.0769 e. The molecule has 2 aliphatic heterocycles. The molecule has 18 heavy (non-hydrogen) atoms. The molecule has 0 fully saturated rings. The Morgan fingerprint density at radius 2 is 2.17 bits per heavy atom. The van der Waals surface area contributed by atoms with Gasteiger partial charge in [0, 0.05) is 27.2 Å². The van der Waals surface area contributed by atoms with Gasteiger partial charge in [0.2, 0.25) is 0 Å². The molecule has 0 unspecified atom stereocenters. The lowest BCUT2D eigenvalue weighted by molar-refractivity contribution is 1.02. The summed E-state index contributed by atoms with van der Waals surface area (Å²) in [5.74, 6) is 1.06. The number of benzene rings is 1. The SMILES string of the molecule is C[C@@H]1CC(C2=CC=CCS2)=Nc2ccccc2S1. The van der Waals surface area contributed by atoms with E-state index in [-0.39, 0.29) is 0 Å². The van der Waals surface area contributed by atoms with Crippen LogP contribution >= 0.6 is 23.5 Å². The fourth-order valence-electron chi connectivity index (χ4n) is 2.10. The molecule has 0 N–H and O–H groups in total. The zero-order chi connectivity index (χ0) is 12.4. The van der Waals surface area contributed by atoms with E-state index < -0.39 is 0 Å². The molecule has 0 radical (unpaired) electrons. The van der Waals surface area contributed by atoms with E-state index in [1.165, 1.54) is 15.5 Å². The number of nitrogens with zero attached hydrogens (tertiary/aromatic N) is 1. The van der Waals surface area contributed by atoms with E-state index in [4.69, 9.17) is 4.99 Å². The number of thioether (sulfide) groups is 2. The van der Waals surface area contributed by atoms with E-state index in [2.05, 4.69) is 49.4 Å². The van der Waals surface area contributed by atoms with Crippen LogP contribution in [-0.2, 0) is 0 Å². The minimum absolute atomic E-state index is 0.583. The van der Waals surface area contributed by atoms with Crippen molar-refractivity contribution in [3.8, 4) is 0 Å². The highest BCUT2D eigenvalue weighted by atomic mass is 32.2. The van der Waals surface area contributed by atoms with Gasteiger partial charge in [-0.05, 0) is 18.2 Å². The Hall–Kier alpha value is -0.930. The van der Waals surface area contributed by atoms with Crippen LogP contribution in [0.5, 0.6) is 0 Å². The van der Waals surface area contributed by atoms with Crippen molar-refractivity contribution in [3.05, 3.63) is 47.4 Å². The summed E-state index contributed by atoms with van der Waals surface area (Å²) in [6.07, 6.45) is 7.57. The third-order valence-electron chi connectivity index (χ3n) is 2.93. The van der Waals surface area contributed by atoms with Gasteiger partial charge >= 0.3 is 0 Å². The minimum Gasteiger partial charge on any atom is -0.251 e. The largest absolute Gasteiger partial charge is 0.251 e. The first-order valence-electron chi connectivity index (χ1n) is 6.16. The van der Waals surface area contributed by atoms with Gasteiger partial charge in [-0.1, -0.05) is 31.2 Å². The molecule has 0 aliphatic carbocycles. The molecule has 1 aromatic carbocycles. The van der Waals surface area contributed by atoms with Crippen molar-refractivity contribution in [2.24, 2.45) is 4.99 Å². The van der Waals surface area contributed by atoms with Gasteiger partial charge in [0.1, 0.15) is 0 Å². The molecule has 2 aliphatic rings. The maximum atomic E-state index is 4.89. The van der Waals surface area contributed by atoms with Crippen LogP contribution in [0.15, 0.2) is 57.3 Å². The quantitative estimate of drug-likeness (QED) is 0.726. The predicted molar refractivity (Wildman–Crippen MR) is 83.2 cm³/mol. The molecule has 0 bridgehead atoms. The van der Waals surface area contributed by atoms with E-state index in [0.29, 0.717) is 5.25 Å². The molecule has 0 saturated heterocycles. The van der Waals surface area contributed by atoms with Crippen molar-refractivity contribution in [3.63, 3.8) is 0 Å². The molecule has 3 heteroatoms. The summed E-state index contributed by atoms with van der Waals surface area (Å²) < 4.78 is 0. The molecular formula is C15H15NS2. The summed E-state index contributed by atoms with van der Waals surface area (Å²) in [5.41, 5.74) is 2.37. The van der Waals surface area contributed by atoms with Gasteiger partial charge in [0.05, 0.1) is 11.4 Å². The molecule has 2 heterocycles. The average Bonchev–Trinajstić information content (AvgIpc) is 2.57. The van der Waals surface area contributed by atoms with E-state index in [1.54, 1.807) is 0 Å². The zero-order valence-corrected chi connectivity index (χ0v) is 11.9. The van der Waals surface area contributed by atoms with Gasteiger partial charge < -0.3 is 0 Å². The van der Waals surface area contributed by atoms with E-state index in [1.807, 2.05) is 23.5 Å². The number of hydrogen-bond acceptors (Lipinski definition) is 3. The highest BCUT2D eigenvalue weighted by Crippen LogP contribution is 2.39. The van der Waals surface area contributed by atoms with Gasteiger partial charge in [-0.25, -0.2) is 0 Å². The molecule has 0 aromatic heterocycles. The highest BCUT2D eigenvalue weighted by molar-refractivity contribution is 8.04. The lowest BCUT2D eigenvalue weighted by atomic mass is 10.2. The van der Waals surface area contributed by atoms with E-state index in [9.17, 15) is 0 Å². The fourth-order valence-corrected chi connectivity index (χ4v) is 4.03. The number of allylic oxidation sites excluding steroid dienone is 3. The Kier molecular flexibility index (Phi) is 3.62. The van der Waals surface area contributed by atoms with Gasteiger partial charge in [0.25, 0.3) is 0 Å². The summed E-state index contributed by atoms with van der Waals surface area (Å²) in [6.45, 7) is 2.28. The fraction of sp³-hybridized carbons (Fsp3) is 0.267. The van der Waals surface area contributed by atoms with Crippen LogP contribution < -0.4 is 0 Å². The topological polar surface area (TPSA) is 12.4 Å². The Morgan fingerprint density at radius 1 is 1.28 bits per heavy atom. The molecule has 92 valence electrons. The van der Waals surface area contributed by atoms with E-state index in [0.717, 1.165) is 17.9 Å². The molecule has 0 amide bonds. The van der Waals surface area contributed by atoms with Crippen molar-refractivity contribution >= 4 is 34.9 Å². The first-order chi connectivity index (χ1) is 8.83. The lowest BCUT2D eigenvalue weighted by Crippen LogP contribution is -2.08. The normalized spacial score (nSPS) is 22.8. The van der Waals surface area contributed by atoms with Crippen molar-refractivity contribution in [2.45, 2.75) is 23.5 Å². The third-order valence-corrected chi connectivity index (χ3v) is 5.14. The lowest BCUT2D eigenvalue weighted by Gasteiger charge is -2.13.